The van der Waals surface area contributed by atoms with Crippen molar-refractivity contribution in [1.29, 1.82) is 0 Å². The first kappa shape index (κ1) is 22.6. The zero-order chi connectivity index (χ0) is 21.6. The van der Waals surface area contributed by atoms with Crippen LogP contribution >= 0.6 is 0 Å². The molecule has 9 nitrogen and oxygen atoms in total. The molecule has 2 rings (SSSR count). The summed E-state index contributed by atoms with van der Waals surface area (Å²) in [6.07, 6.45) is 0.138. The monoisotopic (exact) mass is 421 g/mol. The Bertz CT molecular complexity index is 980. The summed E-state index contributed by atoms with van der Waals surface area (Å²) in [7, 11) is -3.67. The summed E-state index contributed by atoms with van der Waals surface area (Å²) in [6, 6.07) is 7.63. The first-order valence-electron chi connectivity index (χ1n) is 9.39. The number of hydrogen-bond donors (Lipinski definition) is 2. The molecule has 0 bridgehead atoms. The molecule has 2 N–H and O–H groups in total. The first-order valence-corrected chi connectivity index (χ1v) is 10.8. The molecule has 1 aromatic heterocycles. The van der Waals surface area contributed by atoms with Gasteiger partial charge in [0.15, 0.2) is 0 Å². The van der Waals surface area contributed by atoms with Gasteiger partial charge in [-0.25, -0.2) is 8.42 Å². The van der Waals surface area contributed by atoms with E-state index in [4.69, 9.17) is 0 Å². The maximum atomic E-state index is 12.6. The lowest BCUT2D eigenvalue weighted by molar-refractivity contribution is -0.122. The number of hydrazine groups is 1. The number of nitrogens with zero attached hydrogens (tertiary/aromatic N) is 3. The molecule has 2 aromatic rings. The standard InChI is InChI=1S/C19H27N5O4S/c1-5-23(6-2)29(27,28)17-9-7-8-16(13-17)19(26)21-20-18(25)10-11-24-15(4)12-14(3)22-24/h7-9,12-13H,5-6,10-11H2,1-4H3,(H,20,25)(H,21,26). The summed E-state index contributed by atoms with van der Waals surface area (Å²) in [5, 5.41) is 4.27. The van der Waals surface area contributed by atoms with Gasteiger partial charge >= 0.3 is 0 Å². The number of carbonyl (C=O) groups excluding carboxylic acids is 2. The quantitative estimate of drug-likeness (QED) is 0.625. The van der Waals surface area contributed by atoms with Gasteiger partial charge in [-0.1, -0.05) is 19.9 Å². The highest BCUT2D eigenvalue weighted by atomic mass is 32.2. The largest absolute Gasteiger partial charge is 0.273 e. The van der Waals surface area contributed by atoms with E-state index in [1.54, 1.807) is 18.5 Å². The van der Waals surface area contributed by atoms with Gasteiger partial charge in [0.05, 0.1) is 17.1 Å². The van der Waals surface area contributed by atoms with E-state index in [0.29, 0.717) is 19.6 Å². The maximum Gasteiger partial charge on any atom is 0.269 e. The third-order valence-electron chi connectivity index (χ3n) is 4.41. The van der Waals surface area contributed by atoms with Crippen LogP contribution in [0, 0.1) is 13.8 Å². The van der Waals surface area contributed by atoms with Crippen LogP contribution in [-0.2, 0) is 21.4 Å². The van der Waals surface area contributed by atoms with Gasteiger partial charge in [0.25, 0.3) is 5.91 Å². The van der Waals surface area contributed by atoms with E-state index in [1.807, 2.05) is 19.9 Å². The van der Waals surface area contributed by atoms with Gasteiger partial charge in [-0.05, 0) is 38.1 Å². The summed E-state index contributed by atoms with van der Waals surface area (Å²) in [6.45, 7) is 8.33. The zero-order valence-electron chi connectivity index (χ0n) is 17.1. The molecule has 29 heavy (non-hydrogen) atoms. The number of aromatic nitrogens is 2. The average Bonchev–Trinajstić information content (AvgIpc) is 3.02. The third-order valence-corrected chi connectivity index (χ3v) is 6.45. The highest BCUT2D eigenvalue weighted by Crippen LogP contribution is 2.16. The van der Waals surface area contributed by atoms with Gasteiger partial charge in [0.1, 0.15) is 0 Å². The van der Waals surface area contributed by atoms with Crippen LogP contribution in [0.3, 0.4) is 0 Å². The van der Waals surface area contributed by atoms with Gasteiger partial charge in [-0.15, -0.1) is 0 Å². The first-order chi connectivity index (χ1) is 13.7. The molecular formula is C19H27N5O4S. The molecule has 0 saturated carbocycles. The second kappa shape index (κ2) is 9.66. The number of sulfonamides is 1. The van der Waals surface area contributed by atoms with E-state index in [-0.39, 0.29) is 22.8 Å². The molecule has 0 fully saturated rings. The SMILES string of the molecule is CCN(CC)S(=O)(=O)c1cccc(C(=O)NNC(=O)CCn2nc(C)cc2C)c1. The van der Waals surface area contributed by atoms with Crippen molar-refractivity contribution in [3.8, 4) is 0 Å². The fourth-order valence-corrected chi connectivity index (χ4v) is 4.38. The fraction of sp³-hybridized carbons (Fsp3) is 0.421. The van der Waals surface area contributed by atoms with Crippen molar-refractivity contribution in [3.63, 3.8) is 0 Å². The molecule has 0 aliphatic rings. The Balaban J connectivity index is 1.97. The van der Waals surface area contributed by atoms with Gasteiger partial charge in [0.2, 0.25) is 15.9 Å². The van der Waals surface area contributed by atoms with Crippen LogP contribution in [0.1, 0.15) is 42.0 Å². The molecule has 0 saturated heterocycles. The summed E-state index contributed by atoms with van der Waals surface area (Å²) in [4.78, 5) is 24.3. The van der Waals surface area contributed by atoms with Crippen molar-refractivity contribution in [2.24, 2.45) is 0 Å². The number of amides is 2. The smallest absolute Gasteiger partial charge is 0.269 e. The Morgan fingerprint density at radius 1 is 1.10 bits per heavy atom. The van der Waals surface area contributed by atoms with Crippen molar-refractivity contribution < 1.29 is 18.0 Å². The van der Waals surface area contributed by atoms with E-state index in [9.17, 15) is 18.0 Å². The lowest BCUT2D eigenvalue weighted by Gasteiger charge is -2.18. The minimum Gasteiger partial charge on any atom is -0.273 e. The van der Waals surface area contributed by atoms with Crippen LogP contribution in [0.4, 0.5) is 0 Å². The van der Waals surface area contributed by atoms with Crippen LogP contribution in [0.5, 0.6) is 0 Å². The van der Waals surface area contributed by atoms with Crippen molar-refractivity contribution in [3.05, 3.63) is 47.3 Å². The van der Waals surface area contributed by atoms with E-state index >= 15 is 0 Å². The molecule has 0 radical (unpaired) electrons. The van der Waals surface area contributed by atoms with E-state index in [2.05, 4.69) is 16.0 Å². The Kier molecular flexibility index (Phi) is 7.52. The van der Waals surface area contributed by atoms with Crippen LogP contribution in [0.25, 0.3) is 0 Å². The summed E-state index contributed by atoms with van der Waals surface area (Å²) in [5.41, 5.74) is 6.61. The number of hydrogen-bond acceptors (Lipinski definition) is 5. The molecule has 0 spiro atoms. The molecule has 1 heterocycles. The number of aryl methyl sites for hydroxylation is 3. The Labute approximate surface area is 171 Å². The number of rotatable bonds is 8. The molecule has 0 atom stereocenters. The Morgan fingerprint density at radius 2 is 1.79 bits per heavy atom. The normalized spacial score (nSPS) is 11.5. The number of benzene rings is 1. The molecule has 0 aliphatic carbocycles. The topological polar surface area (TPSA) is 113 Å². The van der Waals surface area contributed by atoms with Gasteiger partial charge in [-0.3, -0.25) is 25.1 Å². The summed E-state index contributed by atoms with van der Waals surface area (Å²) < 4.78 is 28.2. The lowest BCUT2D eigenvalue weighted by atomic mass is 10.2. The van der Waals surface area contributed by atoms with E-state index in [0.717, 1.165) is 11.4 Å². The number of nitrogens with one attached hydrogen (secondary N) is 2. The predicted molar refractivity (Wildman–Crippen MR) is 108 cm³/mol. The highest BCUT2D eigenvalue weighted by Gasteiger charge is 2.22. The van der Waals surface area contributed by atoms with E-state index < -0.39 is 15.9 Å². The molecule has 0 aliphatic heterocycles. The molecular weight excluding hydrogens is 394 g/mol. The van der Waals surface area contributed by atoms with Crippen molar-refractivity contribution >= 4 is 21.8 Å². The van der Waals surface area contributed by atoms with Gasteiger partial charge in [0, 0.05) is 30.8 Å². The number of carbonyl (C=O) groups is 2. The van der Waals surface area contributed by atoms with Crippen LogP contribution < -0.4 is 10.9 Å². The molecule has 158 valence electrons. The van der Waals surface area contributed by atoms with E-state index in [1.165, 1.54) is 28.6 Å². The molecule has 2 amide bonds. The van der Waals surface area contributed by atoms with Crippen LogP contribution in [0.15, 0.2) is 35.2 Å². The van der Waals surface area contributed by atoms with Crippen LogP contribution in [0.2, 0.25) is 0 Å². The average molecular weight is 422 g/mol. The zero-order valence-corrected chi connectivity index (χ0v) is 17.9. The Morgan fingerprint density at radius 3 is 2.38 bits per heavy atom. The molecule has 1 aromatic carbocycles. The fourth-order valence-electron chi connectivity index (χ4n) is 2.88. The second-order valence-electron chi connectivity index (χ2n) is 6.52. The predicted octanol–water partition coefficient (Wildman–Crippen LogP) is 1.38. The second-order valence-corrected chi connectivity index (χ2v) is 8.46. The summed E-state index contributed by atoms with van der Waals surface area (Å²) >= 11 is 0. The minimum atomic E-state index is -3.67. The lowest BCUT2D eigenvalue weighted by Crippen LogP contribution is -2.42. The Hall–Kier alpha value is -2.72. The minimum absolute atomic E-state index is 0.0321. The van der Waals surface area contributed by atoms with Gasteiger partial charge < -0.3 is 0 Å². The molecule has 10 heteroatoms. The van der Waals surface area contributed by atoms with Crippen molar-refractivity contribution in [2.45, 2.75) is 45.6 Å². The van der Waals surface area contributed by atoms with Crippen LogP contribution in [-0.4, -0.2) is 47.4 Å². The summed E-state index contributed by atoms with van der Waals surface area (Å²) in [5.74, 6) is -0.973. The highest BCUT2D eigenvalue weighted by molar-refractivity contribution is 7.89. The molecule has 0 unspecified atom stereocenters. The maximum absolute atomic E-state index is 12.6. The van der Waals surface area contributed by atoms with Crippen molar-refractivity contribution in [2.75, 3.05) is 13.1 Å². The third kappa shape index (κ3) is 5.64. The van der Waals surface area contributed by atoms with Crippen molar-refractivity contribution in [1.82, 2.24) is 24.9 Å². The van der Waals surface area contributed by atoms with Gasteiger partial charge in [-0.2, -0.15) is 9.40 Å².